The Bertz CT molecular complexity index is 237. The summed E-state index contributed by atoms with van der Waals surface area (Å²) in [6.45, 7) is 10.8. The van der Waals surface area contributed by atoms with Crippen molar-refractivity contribution in [1.82, 2.24) is 10.6 Å². The Kier molecular flexibility index (Phi) is 6.69. The number of hydrogen-bond donors (Lipinski definition) is 2. The summed E-state index contributed by atoms with van der Waals surface area (Å²) in [7, 11) is 0. The zero-order valence-electron chi connectivity index (χ0n) is 12.5. The molecule has 1 fully saturated rings. The van der Waals surface area contributed by atoms with Crippen molar-refractivity contribution in [3.63, 3.8) is 0 Å². The second kappa shape index (κ2) is 7.78. The molecular weight excluding hydrogens is 224 g/mol. The van der Waals surface area contributed by atoms with Crippen molar-refractivity contribution in [2.75, 3.05) is 13.1 Å². The quantitative estimate of drug-likeness (QED) is 0.765. The van der Waals surface area contributed by atoms with E-state index >= 15 is 0 Å². The first kappa shape index (κ1) is 15.5. The first-order chi connectivity index (χ1) is 8.50. The molecule has 1 saturated heterocycles. The fourth-order valence-corrected chi connectivity index (χ4v) is 2.87. The highest BCUT2D eigenvalue weighted by molar-refractivity contribution is 5.76. The van der Waals surface area contributed by atoms with Gasteiger partial charge in [-0.05, 0) is 37.1 Å². The largest absolute Gasteiger partial charge is 0.356 e. The van der Waals surface area contributed by atoms with Gasteiger partial charge in [-0.3, -0.25) is 4.79 Å². The molecule has 3 nitrogen and oxygen atoms in total. The first-order valence-corrected chi connectivity index (χ1v) is 7.50. The van der Waals surface area contributed by atoms with Crippen molar-refractivity contribution >= 4 is 5.91 Å². The number of piperidine rings is 1. The molecule has 1 rings (SSSR count). The van der Waals surface area contributed by atoms with Crippen LogP contribution >= 0.6 is 0 Å². The van der Waals surface area contributed by atoms with E-state index in [2.05, 4.69) is 38.3 Å². The monoisotopic (exact) mass is 254 g/mol. The van der Waals surface area contributed by atoms with Gasteiger partial charge in [-0.25, -0.2) is 0 Å². The minimum atomic E-state index is 0.209. The number of rotatable bonds is 6. The molecule has 0 saturated carbocycles. The lowest BCUT2D eigenvalue weighted by Gasteiger charge is -2.26. The summed E-state index contributed by atoms with van der Waals surface area (Å²) in [5, 5.41) is 6.54. The van der Waals surface area contributed by atoms with Crippen LogP contribution in [0.1, 0.15) is 53.4 Å². The molecule has 2 N–H and O–H groups in total. The smallest absolute Gasteiger partial charge is 0.221 e. The zero-order valence-corrected chi connectivity index (χ0v) is 12.5. The molecule has 1 heterocycles. The van der Waals surface area contributed by atoms with E-state index in [-0.39, 0.29) is 5.91 Å². The van der Waals surface area contributed by atoms with Crippen molar-refractivity contribution in [1.29, 1.82) is 0 Å². The lowest BCUT2D eigenvalue weighted by atomic mass is 9.85. The minimum Gasteiger partial charge on any atom is -0.356 e. The molecular formula is C15H30N2O. The van der Waals surface area contributed by atoms with E-state index in [9.17, 15) is 4.79 Å². The Labute approximate surface area is 112 Å². The van der Waals surface area contributed by atoms with Crippen LogP contribution in [0, 0.1) is 17.8 Å². The Balaban J connectivity index is 2.26. The molecule has 0 aromatic heterocycles. The zero-order chi connectivity index (χ0) is 13.5. The molecule has 1 aliphatic heterocycles. The molecule has 1 unspecified atom stereocenters. The highest BCUT2D eigenvalue weighted by Gasteiger charge is 2.20. The standard InChI is InChI=1S/C15H30N2O/c1-11(2)14(12(3)4)10-17-15(18)9-13-7-5-6-8-16-13/h11-14,16H,5-10H2,1-4H3,(H,17,18). The van der Waals surface area contributed by atoms with E-state index in [0.717, 1.165) is 19.5 Å². The van der Waals surface area contributed by atoms with Gasteiger partial charge in [-0.15, -0.1) is 0 Å². The SMILES string of the molecule is CC(C)C(CNC(=O)CC1CCCCN1)C(C)C. The van der Waals surface area contributed by atoms with Crippen molar-refractivity contribution in [3.8, 4) is 0 Å². The summed E-state index contributed by atoms with van der Waals surface area (Å²) < 4.78 is 0. The van der Waals surface area contributed by atoms with Gasteiger partial charge < -0.3 is 10.6 Å². The van der Waals surface area contributed by atoms with Crippen molar-refractivity contribution in [2.45, 2.75) is 59.4 Å². The van der Waals surface area contributed by atoms with Gasteiger partial charge in [0.05, 0.1) is 0 Å². The van der Waals surface area contributed by atoms with Gasteiger partial charge in [0.2, 0.25) is 5.91 Å². The highest BCUT2D eigenvalue weighted by atomic mass is 16.1. The van der Waals surface area contributed by atoms with Crippen LogP contribution in [0.2, 0.25) is 0 Å². The third-order valence-electron chi connectivity index (χ3n) is 4.09. The van der Waals surface area contributed by atoms with Gasteiger partial charge in [-0.2, -0.15) is 0 Å². The second-order valence-electron chi connectivity index (χ2n) is 6.31. The van der Waals surface area contributed by atoms with E-state index < -0.39 is 0 Å². The molecule has 0 aromatic carbocycles. The molecule has 0 aromatic rings. The fraction of sp³-hybridized carbons (Fsp3) is 0.933. The summed E-state index contributed by atoms with van der Waals surface area (Å²) in [4.78, 5) is 11.9. The number of carbonyl (C=O) groups is 1. The predicted molar refractivity (Wildman–Crippen MR) is 76.4 cm³/mol. The Morgan fingerprint density at radius 2 is 1.89 bits per heavy atom. The van der Waals surface area contributed by atoms with E-state index in [4.69, 9.17) is 0 Å². The number of nitrogens with one attached hydrogen (secondary N) is 2. The summed E-state index contributed by atoms with van der Waals surface area (Å²) in [6, 6.07) is 0.398. The normalized spacial score (nSPS) is 20.7. The van der Waals surface area contributed by atoms with Crippen LogP contribution in [0.4, 0.5) is 0 Å². The van der Waals surface area contributed by atoms with E-state index in [1.807, 2.05) is 0 Å². The molecule has 1 amide bonds. The van der Waals surface area contributed by atoms with Crippen LogP contribution < -0.4 is 10.6 Å². The fourth-order valence-electron chi connectivity index (χ4n) is 2.87. The average molecular weight is 254 g/mol. The van der Waals surface area contributed by atoms with Gasteiger partial charge >= 0.3 is 0 Å². The van der Waals surface area contributed by atoms with E-state index in [0.29, 0.717) is 30.2 Å². The van der Waals surface area contributed by atoms with Crippen molar-refractivity contribution in [2.24, 2.45) is 17.8 Å². The number of amides is 1. The summed E-state index contributed by atoms with van der Waals surface area (Å²) >= 11 is 0. The van der Waals surface area contributed by atoms with Gasteiger partial charge in [0.1, 0.15) is 0 Å². The van der Waals surface area contributed by atoms with E-state index in [1.165, 1.54) is 12.8 Å². The molecule has 0 aliphatic carbocycles. The predicted octanol–water partition coefficient (Wildman–Crippen LogP) is 2.56. The van der Waals surface area contributed by atoms with Crippen molar-refractivity contribution < 1.29 is 4.79 Å². The van der Waals surface area contributed by atoms with Crippen LogP contribution in [0.5, 0.6) is 0 Å². The lowest BCUT2D eigenvalue weighted by molar-refractivity contribution is -0.122. The summed E-state index contributed by atoms with van der Waals surface area (Å²) in [5.41, 5.74) is 0. The van der Waals surface area contributed by atoms with Crippen LogP contribution in [0.25, 0.3) is 0 Å². The summed E-state index contributed by atoms with van der Waals surface area (Å²) in [5.74, 6) is 2.03. The topological polar surface area (TPSA) is 41.1 Å². The van der Waals surface area contributed by atoms with Gasteiger partial charge in [0, 0.05) is 19.0 Å². The first-order valence-electron chi connectivity index (χ1n) is 7.50. The average Bonchev–Trinajstić information content (AvgIpc) is 2.29. The molecule has 0 radical (unpaired) electrons. The molecule has 0 spiro atoms. The lowest BCUT2D eigenvalue weighted by Crippen LogP contribution is -2.40. The summed E-state index contributed by atoms with van der Waals surface area (Å²) in [6.07, 6.45) is 4.29. The number of carbonyl (C=O) groups excluding carboxylic acids is 1. The van der Waals surface area contributed by atoms with Gasteiger partial charge in [0.15, 0.2) is 0 Å². The van der Waals surface area contributed by atoms with Crippen LogP contribution in [-0.4, -0.2) is 25.0 Å². The van der Waals surface area contributed by atoms with Crippen LogP contribution in [-0.2, 0) is 4.79 Å². The van der Waals surface area contributed by atoms with Crippen LogP contribution in [0.3, 0.4) is 0 Å². The Morgan fingerprint density at radius 3 is 2.39 bits per heavy atom. The molecule has 18 heavy (non-hydrogen) atoms. The Morgan fingerprint density at radius 1 is 1.22 bits per heavy atom. The van der Waals surface area contributed by atoms with Gasteiger partial charge in [0.25, 0.3) is 0 Å². The van der Waals surface area contributed by atoms with Gasteiger partial charge in [-0.1, -0.05) is 34.1 Å². The maximum absolute atomic E-state index is 11.9. The third kappa shape index (κ3) is 5.38. The highest BCUT2D eigenvalue weighted by Crippen LogP contribution is 2.19. The van der Waals surface area contributed by atoms with Crippen molar-refractivity contribution in [3.05, 3.63) is 0 Å². The molecule has 1 atom stereocenters. The second-order valence-corrected chi connectivity index (χ2v) is 6.31. The Hall–Kier alpha value is -0.570. The molecule has 1 aliphatic rings. The maximum Gasteiger partial charge on any atom is 0.221 e. The van der Waals surface area contributed by atoms with E-state index in [1.54, 1.807) is 0 Å². The molecule has 106 valence electrons. The minimum absolute atomic E-state index is 0.209. The number of hydrogen-bond acceptors (Lipinski definition) is 2. The van der Waals surface area contributed by atoms with Crippen LogP contribution in [0.15, 0.2) is 0 Å². The molecule has 0 bridgehead atoms. The maximum atomic E-state index is 11.9. The molecule has 3 heteroatoms. The third-order valence-corrected chi connectivity index (χ3v) is 4.09.